The fraction of sp³-hybridized carbons (Fsp3) is 0.379. The van der Waals surface area contributed by atoms with Crippen LogP contribution in [0.15, 0.2) is 66.7 Å². The highest BCUT2D eigenvalue weighted by molar-refractivity contribution is 5.33. The molecule has 2 N–H and O–H groups in total. The van der Waals surface area contributed by atoms with Crippen molar-refractivity contribution in [1.82, 2.24) is 4.90 Å². The molecule has 5 heteroatoms. The van der Waals surface area contributed by atoms with Crippen molar-refractivity contribution in [2.45, 2.75) is 46.4 Å². The number of ether oxygens (including phenoxy) is 2. The fourth-order valence-corrected chi connectivity index (χ4v) is 4.16. The average Bonchev–Trinajstić information content (AvgIpc) is 2.76. The van der Waals surface area contributed by atoms with Crippen molar-refractivity contribution in [2.75, 3.05) is 26.3 Å². The second kappa shape index (κ2) is 12.6. The molecule has 34 heavy (non-hydrogen) atoms. The minimum Gasteiger partial charge on any atom is -0.491 e. The predicted molar refractivity (Wildman–Crippen MR) is 137 cm³/mol. The number of rotatable bonds is 12. The number of aliphatic hydroxyl groups is 2. The zero-order chi connectivity index (χ0) is 24.5. The first kappa shape index (κ1) is 25.8. The molecule has 2 atom stereocenters. The summed E-state index contributed by atoms with van der Waals surface area (Å²) in [4.78, 5) is 2.04. The molecule has 0 aromatic heterocycles. The number of aliphatic hydroxyl groups excluding tert-OH is 2. The highest BCUT2D eigenvalue weighted by Gasteiger charge is 2.18. The molecule has 3 rings (SSSR count). The summed E-state index contributed by atoms with van der Waals surface area (Å²) in [5.41, 5.74) is 5.63. The topological polar surface area (TPSA) is 62.2 Å². The molecule has 0 radical (unpaired) electrons. The molecular weight excluding hydrogens is 426 g/mol. The highest BCUT2D eigenvalue weighted by atomic mass is 16.5. The van der Waals surface area contributed by atoms with Crippen LogP contribution in [-0.4, -0.2) is 53.6 Å². The van der Waals surface area contributed by atoms with Gasteiger partial charge in [0.05, 0.1) is 0 Å². The molecule has 182 valence electrons. The van der Waals surface area contributed by atoms with Gasteiger partial charge in [-0.25, -0.2) is 0 Å². The Bertz CT molecular complexity index is 934. The molecule has 2 unspecified atom stereocenters. The van der Waals surface area contributed by atoms with E-state index in [9.17, 15) is 10.2 Å². The van der Waals surface area contributed by atoms with E-state index in [2.05, 4.69) is 12.1 Å². The number of hydrogen-bond acceptors (Lipinski definition) is 5. The van der Waals surface area contributed by atoms with Crippen molar-refractivity contribution in [3.63, 3.8) is 0 Å². The first-order chi connectivity index (χ1) is 16.3. The van der Waals surface area contributed by atoms with Crippen LogP contribution in [0.25, 0.3) is 0 Å². The number of aryl methyl sites for hydroxylation is 4. The summed E-state index contributed by atoms with van der Waals surface area (Å²) < 4.78 is 11.7. The average molecular weight is 464 g/mol. The maximum atomic E-state index is 10.7. The van der Waals surface area contributed by atoms with E-state index in [0.29, 0.717) is 19.6 Å². The van der Waals surface area contributed by atoms with E-state index < -0.39 is 12.2 Å². The van der Waals surface area contributed by atoms with Crippen LogP contribution in [0.2, 0.25) is 0 Å². The molecule has 0 fully saturated rings. The molecule has 0 aliphatic heterocycles. The molecule has 0 saturated heterocycles. The van der Waals surface area contributed by atoms with Crippen LogP contribution >= 0.6 is 0 Å². The molecule has 3 aromatic carbocycles. The standard InChI is InChI=1S/C29H37NO4/c1-21-10-22(2)13-28(12-21)33-19-26(31)17-30(16-25-8-6-5-7-9-25)18-27(32)20-34-29-14-23(3)11-24(4)15-29/h5-15,26-27,31-32H,16-20H2,1-4H3. The molecule has 0 amide bonds. The third-order valence-corrected chi connectivity index (χ3v) is 5.46. The van der Waals surface area contributed by atoms with Crippen LogP contribution in [0.1, 0.15) is 27.8 Å². The van der Waals surface area contributed by atoms with Gasteiger partial charge in [0.15, 0.2) is 0 Å². The summed E-state index contributed by atoms with van der Waals surface area (Å²) in [5, 5.41) is 21.4. The zero-order valence-corrected chi connectivity index (χ0v) is 20.7. The number of nitrogens with zero attached hydrogens (tertiary/aromatic N) is 1. The Labute approximate surface area is 203 Å². The lowest BCUT2D eigenvalue weighted by atomic mass is 10.1. The van der Waals surface area contributed by atoms with Crippen LogP contribution < -0.4 is 9.47 Å². The third kappa shape index (κ3) is 8.82. The van der Waals surface area contributed by atoms with Gasteiger partial charge in [-0.3, -0.25) is 4.90 Å². The molecule has 0 bridgehead atoms. The fourth-order valence-electron chi connectivity index (χ4n) is 4.16. The monoisotopic (exact) mass is 463 g/mol. The van der Waals surface area contributed by atoms with Crippen LogP contribution in [0.3, 0.4) is 0 Å². The Morgan fingerprint density at radius 3 is 1.47 bits per heavy atom. The predicted octanol–water partition coefficient (Wildman–Crippen LogP) is 4.60. The van der Waals surface area contributed by atoms with Crippen molar-refractivity contribution in [3.8, 4) is 11.5 Å². The first-order valence-electron chi connectivity index (χ1n) is 11.8. The molecular formula is C29H37NO4. The van der Waals surface area contributed by atoms with Crippen LogP contribution in [0.4, 0.5) is 0 Å². The molecule has 0 aliphatic carbocycles. The minimum absolute atomic E-state index is 0.184. The lowest BCUT2D eigenvalue weighted by Crippen LogP contribution is -2.41. The first-order valence-corrected chi connectivity index (χ1v) is 11.8. The SMILES string of the molecule is Cc1cc(C)cc(OCC(O)CN(Cc2ccccc2)CC(O)COc2cc(C)cc(C)c2)c1. The Hall–Kier alpha value is -2.86. The summed E-state index contributed by atoms with van der Waals surface area (Å²) in [6.07, 6.45) is -1.39. The summed E-state index contributed by atoms with van der Waals surface area (Å²) in [7, 11) is 0. The minimum atomic E-state index is -0.697. The Balaban J connectivity index is 1.58. The van der Waals surface area contributed by atoms with Crippen molar-refractivity contribution >= 4 is 0 Å². The van der Waals surface area contributed by atoms with Gasteiger partial charge in [0.25, 0.3) is 0 Å². The third-order valence-electron chi connectivity index (χ3n) is 5.46. The quantitative estimate of drug-likeness (QED) is 0.411. The molecule has 0 aliphatic rings. The maximum Gasteiger partial charge on any atom is 0.119 e. The van der Waals surface area contributed by atoms with Crippen molar-refractivity contribution < 1.29 is 19.7 Å². The summed E-state index contributed by atoms with van der Waals surface area (Å²) in [6.45, 7) is 9.84. The lowest BCUT2D eigenvalue weighted by Gasteiger charge is -2.27. The zero-order valence-electron chi connectivity index (χ0n) is 20.7. The summed E-state index contributed by atoms with van der Waals surface area (Å²) in [6, 6.07) is 22.1. The van der Waals surface area contributed by atoms with Gasteiger partial charge in [0, 0.05) is 19.6 Å². The van der Waals surface area contributed by atoms with Gasteiger partial charge in [-0.2, -0.15) is 0 Å². The van der Waals surface area contributed by atoms with Gasteiger partial charge in [-0.15, -0.1) is 0 Å². The smallest absolute Gasteiger partial charge is 0.119 e. The van der Waals surface area contributed by atoms with Gasteiger partial charge < -0.3 is 19.7 Å². The van der Waals surface area contributed by atoms with Gasteiger partial charge in [0.2, 0.25) is 0 Å². The second-order valence-corrected chi connectivity index (χ2v) is 9.26. The molecule has 0 saturated carbocycles. The van der Waals surface area contributed by atoms with Gasteiger partial charge in [-0.05, 0) is 79.8 Å². The van der Waals surface area contributed by atoms with E-state index in [1.807, 2.05) is 87.2 Å². The van der Waals surface area contributed by atoms with Gasteiger partial charge in [-0.1, -0.05) is 42.5 Å². The largest absolute Gasteiger partial charge is 0.491 e. The second-order valence-electron chi connectivity index (χ2n) is 9.26. The van der Waals surface area contributed by atoms with E-state index in [0.717, 1.165) is 39.3 Å². The Morgan fingerprint density at radius 1 is 0.647 bits per heavy atom. The molecule has 0 heterocycles. The number of benzene rings is 3. The van der Waals surface area contributed by atoms with Crippen LogP contribution in [0, 0.1) is 27.7 Å². The van der Waals surface area contributed by atoms with Crippen molar-refractivity contribution in [2.24, 2.45) is 0 Å². The summed E-state index contributed by atoms with van der Waals surface area (Å²) in [5.74, 6) is 1.51. The molecule has 0 spiro atoms. The maximum absolute atomic E-state index is 10.7. The van der Waals surface area contributed by atoms with Crippen LogP contribution in [-0.2, 0) is 6.54 Å². The molecule has 3 aromatic rings. The Morgan fingerprint density at radius 2 is 1.06 bits per heavy atom. The van der Waals surface area contributed by atoms with E-state index in [4.69, 9.17) is 9.47 Å². The van der Waals surface area contributed by atoms with Crippen molar-refractivity contribution in [3.05, 3.63) is 94.5 Å². The number of hydrogen-bond donors (Lipinski definition) is 2. The lowest BCUT2D eigenvalue weighted by molar-refractivity contribution is 0.0282. The van der Waals surface area contributed by atoms with Gasteiger partial charge >= 0.3 is 0 Å². The van der Waals surface area contributed by atoms with Gasteiger partial charge in [0.1, 0.15) is 36.9 Å². The highest BCUT2D eigenvalue weighted by Crippen LogP contribution is 2.18. The molecule has 5 nitrogen and oxygen atoms in total. The normalized spacial score (nSPS) is 13.0. The van der Waals surface area contributed by atoms with E-state index in [1.165, 1.54) is 0 Å². The summed E-state index contributed by atoms with van der Waals surface area (Å²) >= 11 is 0. The van der Waals surface area contributed by atoms with Crippen molar-refractivity contribution in [1.29, 1.82) is 0 Å². The Kier molecular flexibility index (Phi) is 9.52. The van der Waals surface area contributed by atoms with E-state index >= 15 is 0 Å². The van der Waals surface area contributed by atoms with E-state index in [1.54, 1.807) is 0 Å². The van der Waals surface area contributed by atoms with E-state index in [-0.39, 0.29) is 13.2 Å². The van der Waals surface area contributed by atoms with Crippen LogP contribution in [0.5, 0.6) is 11.5 Å².